The number of hydrogen-bond donors (Lipinski definition) is 3. The third-order valence-corrected chi connectivity index (χ3v) is 6.34. The first-order valence-corrected chi connectivity index (χ1v) is 11.4. The SMILES string of the molecule is COc1ccc(N2CC[C@H]2C(=O)C[C@@H](CC2CC2)C(=O)N[C@@H](CC(C)C)B(O)O)cc1. The lowest BCUT2D eigenvalue weighted by molar-refractivity contribution is -0.131. The molecule has 2 fully saturated rings. The number of benzene rings is 1. The van der Waals surface area contributed by atoms with Gasteiger partial charge in [0.05, 0.1) is 19.1 Å². The molecule has 0 radical (unpaired) electrons. The van der Waals surface area contributed by atoms with E-state index >= 15 is 0 Å². The molecule has 3 N–H and O–H groups in total. The molecular formula is C23H35BN2O5. The van der Waals surface area contributed by atoms with Gasteiger partial charge in [-0.05, 0) is 55.4 Å². The predicted molar refractivity (Wildman–Crippen MR) is 121 cm³/mol. The summed E-state index contributed by atoms with van der Waals surface area (Å²) in [5.41, 5.74) is 0.981. The molecule has 8 heteroatoms. The molecule has 0 unspecified atom stereocenters. The first-order chi connectivity index (χ1) is 14.8. The Bertz CT molecular complexity index is 751. The molecular weight excluding hydrogens is 395 g/mol. The molecule has 7 nitrogen and oxygen atoms in total. The van der Waals surface area contributed by atoms with E-state index in [-0.39, 0.29) is 30.1 Å². The topological polar surface area (TPSA) is 99.1 Å². The number of Topliss-reactive ketones (excluding diaryl/α,β-unsaturated/α-hetero) is 1. The number of ketones is 1. The molecule has 0 bridgehead atoms. The zero-order valence-corrected chi connectivity index (χ0v) is 18.8. The molecule has 2 aliphatic rings. The van der Waals surface area contributed by atoms with Gasteiger partial charge >= 0.3 is 7.12 Å². The Morgan fingerprint density at radius 3 is 2.35 bits per heavy atom. The normalized spacial score (nSPS) is 20.1. The number of anilines is 1. The minimum Gasteiger partial charge on any atom is -0.497 e. The van der Waals surface area contributed by atoms with Crippen molar-refractivity contribution in [3.63, 3.8) is 0 Å². The summed E-state index contributed by atoms with van der Waals surface area (Å²) in [5.74, 6) is 0.168. The van der Waals surface area contributed by atoms with Crippen LogP contribution in [0.1, 0.15) is 52.4 Å². The number of carbonyl (C=O) groups is 2. The first-order valence-electron chi connectivity index (χ1n) is 11.4. The maximum Gasteiger partial charge on any atom is 0.475 e. The molecule has 3 rings (SSSR count). The van der Waals surface area contributed by atoms with Crippen molar-refractivity contribution in [1.82, 2.24) is 5.32 Å². The van der Waals surface area contributed by atoms with Crippen LogP contribution in [0.15, 0.2) is 24.3 Å². The van der Waals surface area contributed by atoms with Gasteiger partial charge in [-0.15, -0.1) is 0 Å². The van der Waals surface area contributed by atoms with Crippen molar-refractivity contribution in [2.45, 2.75) is 64.4 Å². The van der Waals surface area contributed by atoms with Crippen molar-refractivity contribution in [3.05, 3.63) is 24.3 Å². The smallest absolute Gasteiger partial charge is 0.475 e. The lowest BCUT2D eigenvalue weighted by atomic mass is 9.74. The van der Waals surface area contributed by atoms with Crippen molar-refractivity contribution < 1.29 is 24.4 Å². The molecule has 1 amide bonds. The van der Waals surface area contributed by atoms with Gasteiger partial charge in [-0.1, -0.05) is 26.7 Å². The lowest BCUT2D eigenvalue weighted by Gasteiger charge is -2.42. The molecule has 1 heterocycles. The second-order valence-electron chi connectivity index (χ2n) is 9.40. The lowest BCUT2D eigenvalue weighted by Crippen LogP contribution is -2.54. The minimum atomic E-state index is -1.61. The van der Waals surface area contributed by atoms with E-state index in [9.17, 15) is 19.6 Å². The zero-order chi connectivity index (χ0) is 22.5. The Labute approximate surface area is 185 Å². The maximum atomic E-state index is 13.1. The highest BCUT2D eigenvalue weighted by molar-refractivity contribution is 6.43. The Morgan fingerprint density at radius 1 is 1.19 bits per heavy atom. The zero-order valence-electron chi connectivity index (χ0n) is 18.8. The fourth-order valence-electron chi connectivity index (χ4n) is 4.29. The number of carbonyl (C=O) groups excluding carboxylic acids is 2. The van der Waals surface area contributed by atoms with E-state index < -0.39 is 19.0 Å². The van der Waals surface area contributed by atoms with Crippen molar-refractivity contribution in [2.24, 2.45) is 17.8 Å². The van der Waals surface area contributed by atoms with E-state index in [2.05, 4.69) is 10.2 Å². The number of nitrogens with zero attached hydrogens (tertiary/aromatic N) is 1. The molecule has 1 aromatic rings. The average molecular weight is 430 g/mol. The highest BCUT2D eigenvalue weighted by Crippen LogP contribution is 2.37. The number of nitrogens with one attached hydrogen (secondary N) is 1. The quantitative estimate of drug-likeness (QED) is 0.440. The van der Waals surface area contributed by atoms with Gasteiger partial charge in [0.25, 0.3) is 0 Å². The van der Waals surface area contributed by atoms with E-state index in [1.807, 2.05) is 38.1 Å². The number of rotatable bonds is 12. The van der Waals surface area contributed by atoms with Crippen LogP contribution >= 0.6 is 0 Å². The number of amides is 1. The molecule has 0 spiro atoms. The van der Waals surface area contributed by atoms with E-state index in [0.29, 0.717) is 18.8 Å². The van der Waals surface area contributed by atoms with Crippen LogP contribution in [0.25, 0.3) is 0 Å². The standard InChI is InChI=1S/C23H35BN2O5/c1-15(2)12-22(24(29)30)25-23(28)17(13-16-4-5-16)14-21(27)20-10-11-26(20)18-6-8-19(31-3)9-7-18/h6-9,15-17,20,22,29-30H,4-5,10-14H2,1-3H3,(H,25,28)/t17-,20+,22+/m1/s1. The Morgan fingerprint density at radius 2 is 1.87 bits per heavy atom. The third kappa shape index (κ3) is 6.46. The Hall–Kier alpha value is -2.06. The molecule has 170 valence electrons. The maximum absolute atomic E-state index is 13.1. The predicted octanol–water partition coefficient (Wildman–Crippen LogP) is 2.19. The van der Waals surface area contributed by atoms with Gasteiger partial charge in [0.2, 0.25) is 5.91 Å². The van der Waals surface area contributed by atoms with Crippen LogP contribution in [-0.4, -0.2) is 54.5 Å². The summed E-state index contributed by atoms with van der Waals surface area (Å²) in [7, 11) is 0.0122. The third-order valence-electron chi connectivity index (χ3n) is 6.34. The number of hydrogen-bond acceptors (Lipinski definition) is 6. The van der Waals surface area contributed by atoms with Gasteiger partial charge in [0.1, 0.15) is 5.75 Å². The van der Waals surface area contributed by atoms with Crippen LogP contribution in [0.4, 0.5) is 5.69 Å². The van der Waals surface area contributed by atoms with Gasteiger partial charge in [0, 0.05) is 24.6 Å². The van der Waals surface area contributed by atoms with Gasteiger partial charge in [-0.3, -0.25) is 9.59 Å². The highest BCUT2D eigenvalue weighted by Gasteiger charge is 2.39. The van der Waals surface area contributed by atoms with Crippen molar-refractivity contribution in [1.29, 1.82) is 0 Å². The van der Waals surface area contributed by atoms with E-state index in [0.717, 1.165) is 37.2 Å². The monoisotopic (exact) mass is 430 g/mol. The van der Waals surface area contributed by atoms with Gasteiger partial charge in [0.15, 0.2) is 5.78 Å². The molecule has 1 saturated heterocycles. The Balaban J connectivity index is 1.62. The summed E-state index contributed by atoms with van der Waals surface area (Å²) in [6.45, 7) is 4.75. The van der Waals surface area contributed by atoms with E-state index in [4.69, 9.17) is 4.74 Å². The minimum absolute atomic E-state index is 0.0767. The summed E-state index contributed by atoms with van der Waals surface area (Å²) in [6.07, 6.45) is 4.32. The highest BCUT2D eigenvalue weighted by atomic mass is 16.5. The van der Waals surface area contributed by atoms with Crippen LogP contribution in [-0.2, 0) is 9.59 Å². The second-order valence-corrected chi connectivity index (χ2v) is 9.40. The molecule has 3 atom stereocenters. The van der Waals surface area contributed by atoms with Crippen LogP contribution in [0.2, 0.25) is 0 Å². The summed E-state index contributed by atoms with van der Waals surface area (Å²) in [6, 6.07) is 7.46. The molecule has 1 saturated carbocycles. The average Bonchev–Trinajstić information content (AvgIpc) is 3.50. The Kier molecular flexibility index (Phi) is 8.00. The van der Waals surface area contributed by atoms with Gasteiger partial charge in [-0.2, -0.15) is 0 Å². The van der Waals surface area contributed by atoms with Crippen LogP contribution in [0.3, 0.4) is 0 Å². The molecule has 31 heavy (non-hydrogen) atoms. The summed E-state index contributed by atoms with van der Waals surface area (Å²) in [5, 5.41) is 22.1. The number of methoxy groups -OCH3 is 1. The molecule has 1 aliphatic carbocycles. The van der Waals surface area contributed by atoms with Crippen LogP contribution < -0.4 is 15.0 Å². The van der Waals surface area contributed by atoms with Crippen molar-refractivity contribution in [2.75, 3.05) is 18.6 Å². The van der Waals surface area contributed by atoms with Gasteiger partial charge in [-0.25, -0.2) is 0 Å². The largest absolute Gasteiger partial charge is 0.497 e. The summed E-state index contributed by atoms with van der Waals surface area (Å²) < 4.78 is 5.20. The fourth-order valence-corrected chi connectivity index (χ4v) is 4.29. The fraction of sp³-hybridized carbons (Fsp3) is 0.652. The van der Waals surface area contributed by atoms with Crippen molar-refractivity contribution >= 4 is 24.5 Å². The van der Waals surface area contributed by atoms with E-state index in [1.165, 1.54) is 0 Å². The van der Waals surface area contributed by atoms with Crippen LogP contribution in [0, 0.1) is 17.8 Å². The number of ether oxygens (including phenoxy) is 1. The molecule has 1 aromatic carbocycles. The second kappa shape index (κ2) is 10.5. The van der Waals surface area contributed by atoms with Crippen LogP contribution in [0.5, 0.6) is 5.75 Å². The first kappa shape index (κ1) is 23.6. The summed E-state index contributed by atoms with van der Waals surface area (Å²) in [4.78, 5) is 28.2. The molecule has 1 aliphatic heterocycles. The van der Waals surface area contributed by atoms with E-state index in [1.54, 1.807) is 7.11 Å². The molecule has 0 aromatic heterocycles. The van der Waals surface area contributed by atoms with Crippen molar-refractivity contribution in [3.8, 4) is 5.75 Å². The summed E-state index contributed by atoms with van der Waals surface area (Å²) >= 11 is 0. The van der Waals surface area contributed by atoms with Gasteiger partial charge < -0.3 is 25.0 Å².